The van der Waals surface area contributed by atoms with Crippen LogP contribution in [0.2, 0.25) is 5.02 Å². The van der Waals surface area contributed by atoms with Gasteiger partial charge in [-0.3, -0.25) is 4.79 Å². The molecule has 23 heavy (non-hydrogen) atoms. The molecule has 2 aromatic carbocycles. The first-order chi connectivity index (χ1) is 11.1. The smallest absolute Gasteiger partial charge is 0.234 e. The Morgan fingerprint density at radius 2 is 2.04 bits per heavy atom. The number of carbonyl (C=O) groups excluding carboxylic acids is 1. The lowest BCUT2D eigenvalue weighted by atomic mass is 10.2. The van der Waals surface area contributed by atoms with Crippen LogP contribution >= 0.6 is 23.4 Å². The minimum Gasteiger partial charge on any atom is -0.454 e. The zero-order valence-electron chi connectivity index (χ0n) is 12.0. The highest BCUT2D eigenvalue weighted by Crippen LogP contribution is 2.33. The summed E-state index contributed by atoms with van der Waals surface area (Å²) in [7, 11) is 0. The Morgan fingerprint density at radius 3 is 2.87 bits per heavy atom. The summed E-state index contributed by atoms with van der Waals surface area (Å²) < 4.78 is 23.6. The second-order valence-corrected chi connectivity index (χ2v) is 6.25. The number of anilines is 1. The number of thioether (sulfide) groups is 1. The van der Waals surface area contributed by atoms with Gasteiger partial charge in [-0.25, -0.2) is 4.39 Å². The molecule has 0 bridgehead atoms. The predicted octanol–water partition coefficient (Wildman–Crippen LogP) is 4.08. The second-order valence-electron chi connectivity index (χ2n) is 4.86. The average molecular weight is 354 g/mol. The first-order valence-electron chi connectivity index (χ1n) is 6.83. The third kappa shape index (κ3) is 4.09. The van der Waals surface area contributed by atoms with Crippen molar-refractivity contribution in [1.29, 1.82) is 0 Å². The van der Waals surface area contributed by atoms with Crippen LogP contribution in [0.4, 0.5) is 10.1 Å². The van der Waals surface area contributed by atoms with Gasteiger partial charge >= 0.3 is 0 Å². The fourth-order valence-corrected chi connectivity index (χ4v) is 3.02. The van der Waals surface area contributed by atoms with Crippen LogP contribution < -0.4 is 14.8 Å². The normalized spacial score (nSPS) is 12.3. The molecule has 0 fully saturated rings. The summed E-state index contributed by atoms with van der Waals surface area (Å²) in [5.41, 5.74) is 1.53. The number of hydrogen-bond acceptors (Lipinski definition) is 4. The topological polar surface area (TPSA) is 47.6 Å². The van der Waals surface area contributed by atoms with E-state index in [4.69, 9.17) is 21.1 Å². The Balaban J connectivity index is 1.48. The van der Waals surface area contributed by atoms with E-state index in [1.54, 1.807) is 0 Å². The molecule has 3 rings (SSSR count). The number of halogens is 2. The third-order valence-corrected chi connectivity index (χ3v) is 4.44. The van der Waals surface area contributed by atoms with E-state index in [0.29, 0.717) is 11.4 Å². The first-order valence-corrected chi connectivity index (χ1v) is 8.36. The zero-order chi connectivity index (χ0) is 16.2. The number of carbonyl (C=O) groups is 1. The number of benzene rings is 2. The van der Waals surface area contributed by atoms with Crippen LogP contribution in [0.25, 0.3) is 0 Å². The van der Waals surface area contributed by atoms with Crippen molar-refractivity contribution in [1.82, 2.24) is 0 Å². The molecule has 1 amide bonds. The van der Waals surface area contributed by atoms with Crippen molar-refractivity contribution in [3.05, 3.63) is 52.8 Å². The van der Waals surface area contributed by atoms with E-state index < -0.39 is 5.82 Å². The Morgan fingerprint density at radius 1 is 1.22 bits per heavy atom. The van der Waals surface area contributed by atoms with Crippen molar-refractivity contribution < 1.29 is 18.7 Å². The Kier molecular flexibility index (Phi) is 4.93. The maximum atomic E-state index is 13.1. The Labute approximate surface area is 141 Å². The summed E-state index contributed by atoms with van der Waals surface area (Å²) in [4.78, 5) is 11.9. The molecule has 4 nitrogen and oxygen atoms in total. The highest BCUT2D eigenvalue weighted by molar-refractivity contribution is 7.99. The van der Waals surface area contributed by atoms with Crippen molar-refractivity contribution in [3.63, 3.8) is 0 Å². The van der Waals surface area contributed by atoms with Gasteiger partial charge in [0.1, 0.15) is 5.82 Å². The van der Waals surface area contributed by atoms with Crippen LogP contribution in [0.15, 0.2) is 36.4 Å². The molecule has 0 spiro atoms. The molecular weight excluding hydrogens is 341 g/mol. The van der Waals surface area contributed by atoms with Crippen LogP contribution in [0.5, 0.6) is 11.5 Å². The van der Waals surface area contributed by atoms with E-state index in [2.05, 4.69) is 5.32 Å². The minimum atomic E-state index is -0.512. The molecular formula is C16H13ClFNO3S. The van der Waals surface area contributed by atoms with E-state index >= 15 is 0 Å². The van der Waals surface area contributed by atoms with Crippen LogP contribution in [0, 0.1) is 5.82 Å². The van der Waals surface area contributed by atoms with Gasteiger partial charge < -0.3 is 14.8 Å². The van der Waals surface area contributed by atoms with Gasteiger partial charge in [-0.1, -0.05) is 17.7 Å². The summed E-state index contributed by atoms with van der Waals surface area (Å²) in [5.74, 6) is 1.75. The van der Waals surface area contributed by atoms with Gasteiger partial charge in [-0.2, -0.15) is 0 Å². The summed E-state index contributed by atoms with van der Waals surface area (Å²) in [6, 6.07) is 9.79. The van der Waals surface area contributed by atoms with Crippen molar-refractivity contribution in [2.75, 3.05) is 17.9 Å². The third-order valence-electron chi connectivity index (χ3n) is 3.14. The minimum absolute atomic E-state index is 0.0178. The summed E-state index contributed by atoms with van der Waals surface area (Å²) in [6.45, 7) is 0.245. The average Bonchev–Trinajstić information content (AvgIpc) is 2.98. The number of nitrogens with one attached hydrogen (secondary N) is 1. The molecule has 1 aliphatic rings. The van der Waals surface area contributed by atoms with E-state index in [1.165, 1.54) is 30.0 Å². The monoisotopic (exact) mass is 353 g/mol. The molecule has 0 aromatic heterocycles. The standard InChI is InChI=1S/C16H13ClFNO3S/c17-12-6-11(2-3-13(12)18)19-16(20)8-23-7-10-1-4-14-15(5-10)22-9-21-14/h1-6H,7-9H2,(H,19,20). The van der Waals surface area contributed by atoms with Crippen molar-refractivity contribution >= 4 is 35.0 Å². The van der Waals surface area contributed by atoms with Gasteiger partial charge in [0.05, 0.1) is 10.8 Å². The van der Waals surface area contributed by atoms with Crippen molar-refractivity contribution in [2.45, 2.75) is 5.75 Å². The Hall–Kier alpha value is -1.92. The van der Waals surface area contributed by atoms with Crippen LogP contribution in [0.1, 0.15) is 5.56 Å². The maximum absolute atomic E-state index is 13.1. The molecule has 1 heterocycles. The second kappa shape index (κ2) is 7.10. The van der Waals surface area contributed by atoms with Gasteiger partial charge in [0.25, 0.3) is 0 Å². The Bertz CT molecular complexity index is 741. The highest BCUT2D eigenvalue weighted by atomic mass is 35.5. The first kappa shape index (κ1) is 16.0. The van der Waals surface area contributed by atoms with Crippen molar-refractivity contribution in [2.24, 2.45) is 0 Å². The summed E-state index contributed by atoms with van der Waals surface area (Å²) >= 11 is 7.15. The quantitative estimate of drug-likeness (QED) is 0.879. The molecule has 0 atom stereocenters. The lowest BCUT2D eigenvalue weighted by molar-refractivity contribution is -0.113. The lowest BCUT2D eigenvalue weighted by Crippen LogP contribution is -2.14. The van der Waals surface area contributed by atoms with Crippen LogP contribution in [-0.2, 0) is 10.5 Å². The van der Waals surface area contributed by atoms with Gasteiger partial charge in [0.15, 0.2) is 11.5 Å². The molecule has 0 saturated carbocycles. The van der Waals surface area contributed by atoms with Gasteiger partial charge in [0.2, 0.25) is 12.7 Å². The summed E-state index contributed by atoms with van der Waals surface area (Å²) in [5, 5.41) is 2.66. The SMILES string of the molecule is O=C(CSCc1ccc2c(c1)OCO2)Nc1ccc(F)c(Cl)c1. The van der Waals surface area contributed by atoms with Gasteiger partial charge in [0, 0.05) is 11.4 Å². The zero-order valence-corrected chi connectivity index (χ0v) is 13.5. The molecule has 7 heteroatoms. The number of ether oxygens (including phenoxy) is 2. The van der Waals surface area contributed by atoms with Crippen molar-refractivity contribution in [3.8, 4) is 11.5 Å². The maximum Gasteiger partial charge on any atom is 0.234 e. The predicted molar refractivity (Wildman–Crippen MR) is 88.8 cm³/mol. The fourth-order valence-electron chi connectivity index (χ4n) is 2.06. The molecule has 0 saturated heterocycles. The highest BCUT2D eigenvalue weighted by Gasteiger charge is 2.13. The van der Waals surface area contributed by atoms with Gasteiger partial charge in [-0.15, -0.1) is 11.8 Å². The molecule has 1 aliphatic heterocycles. The molecule has 0 radical (unpaired) electrons. The number of amides is 1. The molecule has 1 N–H and O–H groups in total. The molecule has 2 aromatic rings. The fraction of sp³-hybridized carbons (Fsp3) is 0.188. The molecule has 120 valence electrons. The van der Waals surface area contributed by atoms with E-state index in [-0.39, 0.29) is 23.5 Å². The van der Waals surface area contributed by atoms with E-state index in [1.807, 2.05) is 18.2 Å². The van der Waals surface area contributed by atoms with Gasteiger partial charge in [-0.05, 0) is 35.9 Å². The van der Waals surface area contributed by atoms with Crippen LogP contribution in [0.3, 0.4) is 0 Å². The molecule has 0 aliphatic carbocycles. The largest absolute Gasteiger partial charge is 0.454 e. The summed E-state index contributed by atoms with van der Waals surface area (Å²) in [6.07, 6.45) is 0. The van der Waals surface area contributed by atoms with E-state index in [0.717, 1.165) is 17.1 Å². The van der Waals surface area contributed by atoms with Crippen LogP contribution in [-0.4, -0.2) is 18.5 Å². The number of hydrogen-bond donors (Lipinski definition) is 1. The van der Waals surface area contributed by atoms with E-state index in [9.17, 15) is 9.18 Å². The number of fused-ring (bicyclic) bond motifs is 1. The lowest BCUT2D eigenvalue weighted by Gasteiger charge is -2.06. The molecule has 0 unspecified atom stereocenters. The number of rotatable bonds is 5.